The van der Waals surface area contributed by atoms with Gasteiger partial charge >= 0.3 is 0 Å². The Labute approximate surface area is 56.6 Å². The van der Waals surface area contributed by atoms with Gasteiger partial charge in [-0.25, -0.2) is 0 Å². The molecule has 0 bridgehead atoms. The molecule has 9 heavy (non-hydrogen) atoms. The van der Waals surface area contributed by atoms with E-state index < -0.39 is 0 Å². The van der Waals surface area contributed by atoms with E-state index in [0.29, 0.717) is 11.5 Å². The molecule has 0 aliphatic carbocycles. The lowest BCUT2D eigenvalue weighted by molar-refractivity contribution is 0.0456. The van der Waals surface area contributed by atoms with Crippen molar-refractivity contribution in [1.82, 2.24) is 5.32 Å². The third-order valence-electron chi connectivity index (χ3n) is 2.19. The van der Waals surface area contributed by atoms with Crippen LogP contribution in [0.2, 0.25) is 0 Å². The van der Waals surface area contributed by atoms with E-state index >= 15 is 0 Å². The van der Waals surface area contributed by atoms with Gasteiger partial charge in [-0.05, 0) is 13.8 Å². The van der Waals surface area contributed by atoms with E-state index in [1.54, 1.807) is 7.11 Å². The topological polar surface area (TPSA) is 21.3 Å². The van der Waals surface area contributed by atoms with Crippen LogP contribution in [0.3, 0.4) is 0 Å². The molecule has 1 N–H and O–H groups in total. The number of ether oxygens (including phenoxy) is 1. The van der Waals surface area contributed by atoms with Gasteiger partial charge in [0.05, 0.1) is 6.61 Å². The summed E-state index contributed by atoms with van der Waals surface area (Å²) in [6.45, 7) is 6.42. The molecule has 1 heterocycles. The van der Waals surface area contributed by atoms with Crippen molar-refractivity contribution in [1.29, 1.82) is 0 Å². The van der Waals surface area contributed by atoms with Gasteiger partial charge in [0, 0.05) is 25.1 Å². The first-order valence-electron chi connectivity index (χ1n) is 3.41. The predicted molar refractivity (Wildman–Crippen MR) is 37.4 cm³/mol. The highest BCUT2D eigenvalue weighted by Crippen LogP contribution is 2.24. The van der Waals surface area contributed by atoms with Gasteiger partial charge in [-0.2, -0.15) is 0 Å². The first kappa shape index (κ1) is 7.03. The summed E-state index contributed by atoms with van der Waals surface area (Å²) in [6, 6.07) is 0. The summed E-state index contributed by atoms with van der Waals surface area (Å²) in [7, 11) is 1.76. The summed E-state index contributed by atoms with van der Waals surface area (Å²) in [6.07, 6.45) is 0. The van der Waals surface area contributed by atoms with Crippen LogP contribution in [0.25, 0.3) is 0 Å². The standard InChI is InChI=1S/C7H15NO/c1-7(2)6(4-8-7)5-9-3/h6,8H,4-5H2,1-3H3. The molecule has 2 heteroatoms. The molecule has 1 saturated heterocycles. The fourth-order valence-electron chi connectivity index (χ4n) is 1.12. The third-order valence-corrected chi connectivity index (χ3v) is 2.19. The van der Waals surface area contributed by atoms with Crippen molar-refractivity contribution in [2.75, 3.05) is 20.3 Å². The Morgan fingerprint density at radius 3 is 2.44 bits per heavy atom. The van der Waals surface area contributed by atoms with E-state index in [2.05, 4.69) is 19.2 Å². The molecular formula is C7H15NO. The van der Waals surface area contributed by atoms with Crippen LogP contribution < -0.4 is 5.32 Å². The Morgan fingerprint density at radius 2 is 2.33 bits per heavy atom. The summed E-state index contributed by atoms with van der Waals surface area (Å²) in [5.74, 6) is 0.711. The summed E-state index contributed by atoms with van der Waals surface area (Å²) in [4.78, 5) is 0. The van der Waals surface area contributed by atoms with Crippen molar-refractivity contribution < 1.29 is 4.74 Å². The zero-order valence-electron chi connectivity index (χ0n) is 6.40. The van der Waals surface area contributed by atoms with Crippen LogP contribution in [0, 0.1) is 5.92 Å². The van der Waals surface area contributed by atoms with Crippen molar-refractivity contribution >= 4 is 0 Å². The number of rotatable bonds is 2. The molecule has 0 saturated carbocycles. The fourth-order valence-corrected chi connectivity index (χ4v) is 1.12. The average Bonchev–Trinajstić information content (AvgIpc) is 1.81. The number of hydrogen-bond acceptors (Lipinski definition) is 2. The Kier molecular flexibility index (Phi) is 1.78. The first-order valence-corrected chi connectivity index (χ1v) is 3.41. The van der Waals surface area contributed by atoms with Crippen LogP contribution in [-0.4, -0.2) is 25.8 Å². The quantitative estimate of drug-likeness (QED) is 0.590. The molecule has 2 nitrogen and oxygen atoms in total. The molecule has 54 valence electrons. The monoisotopic (exact) mass is 129 g/mol. The van der Waals surface area contributed by atoms with Crippen molar-refractivity contribution in [2.24, 2.45) is 5.92 Å². The van der Waals surface area contributed by atoms with Crippen LogP contribution in [0.15, 0.2) is 0 Å². The maximum absolute atomic E-state index is 5.04. The second-order valence-corrected chi connectivity index (χ2v) is 3.25. The van der Waals surface area contributed by atoms with E-state index in [0.717, 1.165) is 13.2 Å². The largest absolute Gasteiger partial charge is 0.384 e. The number of hydrogen-bond donors (Lipinski definition) is 1. The molecule has 0 amide bonds. The molecule has 0 spiro atoms. The number of methoxy groups -OCH3 is 1. The van der Waals surface area contributed by atoms with Crippen molar-refractivity contribution in [3.8, 4) is 0 Å². The molecular weight excluding hydrogens is 114 g/mol. The molecule has 1 unspecified atom stereocenters. The first-order chi connectivity index (χ1) is 4.17. The van der Waals surface area contributed by atoms with Gasteiger partial charge in [-0.1, -0.05) is 0 Å². The van der Waals surface area contributed by atoms with Gasteiger partial charge in [0.1, 0.15) is 0 Å². The van der Waals surface area contributed by atoms with Crippen LogP contribution in [0.1, 0.15) is 13.8 Å². The molecule has 1 fully saturated rings. The van der Waals surface area contributed by atoms with Crippen LogP contribution >= 0.6 is 0 Å². The van der Waals surface area contributed by atoms with Crippen molar-refractivity contribution in [2.45, 2.75) is 19.4 Å². The van der Waals surface area contributed by atoms with Crippen molar-refractivity contribution in [3.63, 3.8) is 0 Å². The molecule has 0 aromatic heterocycles. The second-order valence-electron chi connectivity index (χ2n) is 3.25. The summed E-state index contributed by atoms with van der Waals surface area (Å²) in [5, 5.41) is 3.34. The fraction of sp³-hybridized carbons (Fsp3) is 1.00. The van der Waals surface area contributed by atoms with Gasteiger partial charge in [-0.15, -0.1) is 0 Å². The zero-order valence-corrected chi connectivity index (χ0v) is 6.40. The maximum Gasteiger partial charge on any atom is 0.0520 e. The van der Waals surface area contributed by atoms with Gasteiger partial charge in [0.2, 0.25) is 0 Å². The highest BCUT2D eigenvalue weighted by Gasteiger charge is 2.37. The van der Waals surface area contributed by atoms with Gasteiger partial charge in [0.15, 0.2) is 0 Å². The van der Waals surface area contributed by atoms with Crippen molar-refractivity contribution in [3.05, 3.63) is 0 Å². The summed E-state index contributed by atoms with van der Waals surface area (Å²) < 4.78 is 5.04. The average molecular weight is 129 g/mol. The van der Waals surface area contributed by atoms with E-state index in [1.165, 1.54) is 0 Å². The molecule has 1 aliphatic rings. The Morgan fingerprint density at radius 1 is 1.67 bits per heavy atom. The minimum Gasteiger partial charge on any atom is -0.384 e. The van der Waals surface area contributed by atoms with E-state index in [4.69, 9.17) is 4.74 Å². The maximum atomic E-state index is 5.04. The predicted octanol–water partition coefficient (Wildman–Crippen LogP) is 0.631. The van der Waals surface area contributed by atoms with Gasteiger partial charge in [-0.3, -0.25) is 0 Å². The highest BCUT2D eigenvalue weighted by molar-refractivity contribution is 4.96. The SMILES string of the molecule is COCC1CNC1(C)C. The lowest BCUT2D eigenvalue weighted by atomic mass is 9.80. The van der Waals surface area contributed by atoms with Crippen LogP contribution in [-0.2, 0) is 4.74 Å². The minimum atomic E-state index is 0.315. The summed E-state index contributed by atoms with van der Waals surface area (Å²) >= 11 is 0. The Bertz CT molecular complexity index is 101. The molecule has 1 rings (SSSR count). The molecule has 0 radical (unpaired) electrons. The second kappa shape index (κ2) is 2.27. The Hall–Kier alpha value is -0.0800. The van der Waals surface area contributed by atoms with E-state index in [-0.39, 0.29) is 0 Å². The van der Waals surface area contributed by atoms with Gasteiger partial charge in [0.25, 0.3) is 0 Å². The van der Waals surface area contributed by atoms with E-state index in [1.807, 2.05) is 0 Å². The minimum absolute atomic E-state index is 0.315. The lowest BCUT2D eigenvalue weighted by Gasteiger charge is -2.45. The highest BCUT2D eigenvalue weighted by atomic mass is 16.5. The lowest BCUT2D eigenvalue weighted by Crippen LogP contribution is -2.62. The molecule has 0 aromatic carbocycles. The van der Waals surface area contributed by atoms with Crippen LogP contribution in [0.4, 0.5) is 0 Å². The van der Waals surface area contributed by atoms with E-state index in [9.17, 15) is 0 Å². The van der Waals surface area contributed by atoms with Gasteiger partial charge < -0.3 is 10.1 Å². The Balaban J connectivity index is 2.28. The third kappa shape index (κ3) is 1.25. The molecule has 1 atom stereocenters. The summed E-state index contributed by atoms with van der Waals surface area (Å²) in [5.41, 5.74) is 0.315. The smallest absolute Gasteiger partial charge is 0.0520 e. The molecule has 0 aromatic rings. The van der Waals surface area contributed by atoms with Crippen LogP contribution in [0.5, 0.6) is 0 Å². The molecule has 1 aliphatic heterocycles. The number of nitrogens with one attached hydrogen (secondary N) is 1. The zero-order chi connectivity index (χ0) is 6.91. The normalized spacial score (nSPS) is 31.7.